The average molecular weight is 195 g/mol. The molecule has 1 aromatic carbocycles. The van der Waals surface area contributed by atoms with Gasteiger partial charge in [-0.15, -0.1) is 0 Å². The molecular formula is C11H11ClO. The third-order valence-corrected chi connectivity index (χ3v) is 2.64. The highest BCUT2D eigenvalue weighted by molar-refractivity contribution is 6.30. The van der Waals surface area contributed by atoms with Crippen LogP contribution in [0, 0.1) is 0 Å². The molecule has 2 heteroatoms. The Labute approximate surface area is 82.7 Å². The van der Waals surface area contributed by atoms with E-state index in [1.807, 2.05) is 6.07 Å². The first-order chi connectivity index (χ1) is 6.27. The smallest absolute Gasteiger partial charge is 0.119 e. The van der Waals surface area contributed by atoms with Crippen molar-refractivity contribution in [3.8, 4) is 5.75 Å². The van der Waals surface area contributed by atoms with Crippen LogP contribution in [-0.2, 0) is 0 Å². The molecule has 1 nitrogen and oxygen atoms in total. The minimum absolute atomic E-state index is 0.346. The van der Waals surface area contributed by atoms with Gasteiger partial charge in [-0.25, -0.2) is 0 Å². The number of rotatable bonds is 1. The van der Waals surface area contributed by atoms with Gasteiger partial charge in [0.1, 0.15) is 5.75 Å². The van der Waals surface area contributed by atoms with E-state index in [1.165, 1.54) is 0 Å². The third-order valence-electron chi connectivity index (χ3n) is 2.40. The Kier molecular flexibility index (Phi) is 2.28. The molecule has 0 aliphatic heterocycles. The average Bonchev–Trinajstić information content (AvgIpc) is 2.61. The molecular weight excluding hydrogens is 184 g/mol. The van der Waals surface area contributed by atoms with E-state index in [0.717, 1.165) is 18.4 Å². The SMILES string of the molecule is Oc1ccc(Cl)cc1C1C=CCC1. The Morgan fingerprint density at radius 3 is 2.92 bits per heavy atom. The van der Waals surface area contributed by atoms with Crippen molar-refractivity contribution in [3.63, 3.8) is 0 Å². The Balaban J connectivity index is 2.37. The zero-order valence-corrected chi connectivity index (χ0v) is 7.96. The second-order valence-electron chi connectivity index (χ2n) is 3.32. The summed E-state index contributed by atoms with van der Waals surface area (Å²) < 4.78 is 0. The number of allylic oxidation sites excluding steroid dienone is 2. The van der Waals surface area contributed by atoms with Crippen LogP contribution in [0.3, 0.4) is 0 Å². The maximum Gasteiger partial charge on any atom is 0.119 e. The molecule has 0 heterocycles. The van der Waals surface area contributed by atoms with Crippen LogP contribution in [0.15, 0.2) is 30.4 Å². The second kappa shape index (κ2) is 3.43. The summed E-state index contributed by atoms with van der Waals surface area (Å²) in [5.74, 6) is 0.694. The molecule has 2 rings (SSSR count). The van der Waals surface area contributed by atoms with Crippen LogP contribution in [0.4, 0.5) is 0 Å². The summed E-state index contributed by atoms with van der Waals surface area (Å²) in [6.07, 6.45) is 6.45. The minimum Gasteiger partial charge on any atom is -0.508 e. The first-order valence-electron chi connectivity index (χ1n) is 4.42. The van der Waals surface area contributed by atoms with Crippen molar-refractivity contribution in [2.75, 3.05) is 0 Å². The standard InChI is InChI=1S/C11H11ClO/c12-9-5-6-11(13)10(7-9)8-3-1-2-4-8/h1,3,5-8,13H,2,4H2. The topological polar surface area (TPSA) is 20.2 Å². The summed E-state index contributed by atoms with van der Waals surface area (Å²) in [5, 5.41) is 10.3. The summed E-state index contributed by atoms with van der Waals surface area (Å²) in [4.78, 5) is 0. The fraction of sp³-hybridized carbons (Fsp3) is 0.273. The summed E-state index contributed by atoms with van der Waals surface area (Å²) in [6, 6.07) is 5.21. The molecule has 0 saturated carbocycles. The second-order valence-corrected chi connectivity index (χ2v) is 3.75. The first-order valence-corrected chi connectivity index (χ1v) is 4.80. The van der Waals surface area contributed by atoms with Crippen LogP contribution in [-0.4, -0.2) is 5.11 Å². The van der Waals surface area contributed by atoms with E-state index in [4.69, 9.17) is 11.6 Å². The molecule has 68 valence electrons. The van der Waals surface area contributed by atoms with Crippen LogP contribution in [0.1, 0.15) is 24.3 Å². The molecule has 1 atom stereocenters. The van der Waals surface area contributed by atoms with Crippen LogP contribution >= 0.6 is 11.6 Å². The van der Waals surface area contributed by atoms with Gasteiger partial charge in [0, 0.05) is 16.5 Å². The van der Waals surface area contributed by atoms with Gasteiger partial charge >= 0.3 is 0 Å². The molecule has 0 amide bonds. The van der Waals surface area contributed by atoms with Gasteiger partial charge in [0.15, 0.2) is 0 Å². The number of hydrogen-bond acceptors (Lipinski definition) is 1. The lowest BCUT2D eigenvalue weighted by Crippen LogP contribution is -1.91. The van der Waals surface area contributed by atoms with E-state index in [2.05, 4.69) is 12.2 Å². The number of benzene rings is 1. The van der Waals surface area contributed by atoms with Crippen LogP contribution in [0.25, 0.3) is 0 Å². The number of aromatic hydroxyl groups is 1. The zero-order chi connectivity index (χ0) is 9.26. The van der Waals surface area contributed by atoms with Crippen LogP contribution in [0.2, 0.25) is 5.02 Å². The van der Waals surface area contributed by atoms with Crippen molar-refractivity contribution in [2.45, 2.75) is 18.8 Å². The lowest BCUT2D eigenvalue weighted by molar-refractivity contribution is 0.465. The highest BCUT2D eigenvalue weighted by atomic mass is 35.5. The molecule has 0 spiro atoms. The van der Waals surface area contributed by atoms with Crippen molar-refractivity contribution in [1.29, 1.82) is 0 Å². The largest absolute Gasteiger partial charge is 0.508 e. The molecule has 0 saturated heterocycles. The number of hydrogen-bond donors (Lipinski definition) is 1. The van der Waals surface area contributed by atoms with Crippen LogP contribution < -0.4 is 0 Å². The summed E-state index contributed by atoms with van der Waals surface area (Å²) in [5.41, 5.74) is 0.946. The molecule has 0 aromatic heterocycles. The maximum atomic E-state index is 9.60. The first kappa shape index (κ1) is 8.64. The predicted molar refractivity (Wildman–Crippen MR) is 54.2 cm³/mol. The van der Waals surface area contributed by atoms with Crippen molar-refractivity contribution in [1.82, 2.24) is 0 Å². The van der Waals surface area contributed by atoms with E-state index < -0.39 is 0 Å². The summed E-state index contributed by atoms with van der Waals surface area (Å²) >= 11 is 5.86. The lowest BCUT2D eigenvalue weighted by atomic mass is 9.98. The van der Waals surface area contributed by atoms with Gasteiger partial charge in [-0.3, -0.25) is 0 Å². The summed E-state index contributed by atoms with van der Waals surface area (Å²) in [7, 11) is 0. The number of phenolic OH excluding ortho intramolecular Hbond substituents is 1. The predicted octanol–water partition coefficient (Wildman–Crippen LogP) is 3.48. The molecule has 1 aliphatic carbocycles. The Hall–Kier alpha value is -0.950. The van der Waals surface area contributed by atoms with Gasteiger partial charge in [0.2, 0.25) is 0 Å². The Bertz CT molecular complexity index is 344. The van der Waals surface area contributed by atoms with Gasteiger partial charge in [0.25, 0.3) is 0 Å². The van der Waals surface area contributed by atoms with E-state index >= 15 is 0 Å². The fourth-order valence-corrected chi connectivity index (χ4v) is 1.89. The number of phenols is 1. The molecule has 0 fully saturated rings. The van der Waals surface area contributed by atoms with E-state index in [-0.39, 0.29) is 0 Å². The Morgan fingerprint density at radius 2 is 2.23 bits per heavy atom. The van der Waals surface area contributed by atoms with Crippen molar-refractivity contribution in [3.05, 3.63) is 40.9 Å². The van der Waals surface area contributed by atoms with Gasteiger partial charge < -0.3 is 5.11 Å². The minimum atomic E-state index is 0.346. The molecule has 1 unspecified atom stereocenters. The molecule has 0 radical (unpaired) electrons. The van der Waals surface area contributed by atoms with E-state index in [1.54, 1.807) is 12.1 Å². The normalized spacial score (nSPS) is 20.8. The lowest BCUT2D eigenvalue weighted by Gasteiger charge is -2.10. The van der Waals surface area contributed by atoms with Gasteiger partial charge in [-0.2, -0.15) is 0 Å². The van der Waals surface area contributed by atoms with Gasteiger partial charge in [-0.05, 0) is 31.0 Å². The fourth-order valence-electron chi connectivity index (χ4n) is 1.71. The maximum absolute atomic E-state index is 9.60. The van der Waals surface area contributed by atoms with Gasteiger partial charge in [-0.1, -0.05) is 23.8 Å². The van der Waals surface area contributed by atoms with Crippen LogP contribution in [0.5, 0.6) is 5.75 Å². The highest BCUT2D eigenvalue weighted by Gasteiger charge is 2.15. The molecule has 1 aliphatic rings. The molecule has 13 heavy (non-hydrogen) atoms. The van der Waals surface area contributed by atoms with Crippen molar-refractivity contribution < 1.29 is 5.11 Å². The quantitative estimate of drug-likeness (QED) is 0.679. The highest BCUT2D eigenvalue weighted by Crippen LogP contribution is 2.35. The Morgan fingerprint density at radius 1 is 1.38 bits per heavy atom. The molecule has 1 aromatic rings. The van der Waals surface area contributed by atoms with E-state index in [0.29, 0.717) is 16.7 Å². The monoisotopic (exact) mass is 194 g/mol. The van der Waals surface area contributed by atoms with E-state index in [9.17, 15) is 5.11 Å². The van der Waals surface area contributed by atoms with Crippen molar-refractivity contribution >= 4 is 11.6 Å². The third kappa shape index (κ3) is 1.70. The van der Waals surface area contributed by atoms with Gasteiger partial charge in [0.05, 0.1) is 0 Å². The number of halogens is 1. The molecule has 0 bridgehead atoms. The van der Waals surface area contributed by atoms with Crippen molar-refractivity contribution in [2.24, 2.45) is 0 Å². The summed E-state index contributed by atoms with van der Waals surface area (Å²) in [6.45, 7) is 0. The molecule has 1 N–H and O–H groups in total. The zero-order valence-electron chi connectivity index (χ0n) is 7.20.